The largest absolute Gasteiger partial charge is 0.377 e. The maximum Gasteiger partial charge on any atom is 0.126 e. The lowest BCUT2D eigenvalue weighted by atomic mass is 9.96. The van der Waals surface area contributed by atoms with Gasteiger partial charge in [0.25, 0.3) is 0 Å². The highest BCUT2D eigenvalue weighted by Gasteiger charge is 2.21. The topological polar surface area (TPSA) is 21.3 Å². The third kappa shape index (κ3) is 3.79. The van der Waals surface area contributed by atoms with Gasteiger partial charge in [0, 0.05) is 6.61 Å². The summed E-state index contributed by atoms with van der Waals surface area (Å²) >= 11 is 0. The summed E-state index contributed by atoms with van der Waals surface area (Å²) in [5.41, 5.74) is 1.77. The van der Waals surface area contributed by atoms with Crippen LogP contribution in [0.2, 0.25) is 0 Å². The fraction of sp³-hybridized carbons (Fsp3) is 0.600. The third-order valence-electron chi connectivity index (χ3n) is 3.18. The standard InChI is InChI=1S/C15H24FNO/c1-5-7-14(18-6-2)15(17-4)12-8-9-13(16)11(3)10-12/h8-10,14-15,17H,5-7H2,1-4H3. The highest BCUT2D eigenvalue weighted by molar-refractivity contribution is 5.27. The number of hydrogen-bond donors (Lipinski definition) is 1. The van der Waals surface area contributed by atoms with Crippen molar-refractivity contribution < 1.29 is 9.13 Å². The van der Waals surface area contributed by atoms with E-state index >= 15 is 0 Å². The van der Waals surface area contributed by atoms with E-state index in [1.165, 1.54) is 6.07 Å². The molecule has 0 fully saturated rings. The Kier molecular flexibility index (Phi) is 6.30. The van der Waals surface area contributed by atoms with Crippen LogP contribution in [0.5, 0.6) is 0 Å². The van der Waals surface area contributed by atoms with Gasteiger partial charge < -0.3 is 10.1 Å². The van der Waals surface area contributed by atoms with Gasteiger partial charge in [-0.1, -0.05) is 25.5 Å². The molecule has 0 saturated heterocycles. The molecule has 0 aromatic heterocycles. The normalized spacial score (nSPS) is 14.5. The second-order valence-corrected chi connectivity index (χ2v) is 4.56. The molecule has 0 aliphatic heterocycles. The SMILES string of the molecule is CCCC(OCC)C(NC)c1ccc(F)c(C)c1. The van der Waals surface area contributed by atoms with Crippen LogP contribution in [0, 0.1) is 12.7 Å². The zero-order chi connectivity index (χ0) is 13.5. The van der Waals surface area contributed by atoms with Gasteiger partial charge in [0.1, 0.15) is 5.82 Å². The first kappa shape index (κ1) is 15.1. The molecular formula is C15H24FNO. The van der Waals surface area contributed by atoms with Crippen molar-refractivity contribution in [1.29, 1.82) is 0 Å². The molecule has 0 aliphatic carbocycles. The van der Waals surface area contributed by atoms with Crippen LogP contribution in [-0.2, 0) is 4.74 Å². The summed E-state index contributed by atoms with van der Waals surface area (Å²) in [5.74, 6) is -0.156. The lowest BCUT2D eigenvalue weighted by Crippen LogP contribution is -2.31. The molecule has 1 N–H and O–H groups in total. The van der Waals surface area contributed by atoms with Crippen LogP contribution in [0.1, 0.15) is 43.9 Å². The van der Waals surface area contributed by atoms with E-state index in [1.54, 1.807) is 6.92 Å². The van der Waals surface area contributed by atoms with Gasteiger partial charge in [0.05, 0.1) is 12.1 Å². The summed E-state index contributed by atoms with van der Waals surface area (Å²) in [6, 6.07) is 5.39. The summed E-state index contributed by atoms with van der Waals surface area (Å²) in [6.07, 6.45) is 2.20. The first-order chi connectivity index (χ1) is 8.63. The zero-order valence-electron chi connectivity index (χ0n) is 11.8. The Morgan fingerprint density at radius 2 is 2.06 bits per heavy atom. The van der Waals surface area contributed by atoms with Gasteiger partial charge in [0.15, 0.2) is 0 Å². The monoisotopic (exact) mass is 253 g/mol. The Labute approximate surface area is 110 Å². The van der Waals surface area contributed by atoms with Crippen LogP contribution in [-0.4, -0.2) is 19.8 Å². The molecule has 2 atom stereocenters. The van der Waals surface area contributed by atoms with E-state index in [0.717, 1.165) is 18.4 Å². The minimum atomic E-state index is -0.156. The average Bonchev–Trinajstić information content (AvgIpc) is 2.35. The molecule has 0 bridgehead atoms. The van der Waals surface area contributed by atoms with Crippen molar-refractivity contribution in [3.8, 4) is 0 Å². The molecule has 1 rings (SSSR count). The van der Waals surface area contributed by atoms with Crippen molar-refractivity contribution in [1.82, 2.24) is 5.32 Å². The van der Waals surface area contributed by atoms with Gasteiger partial charge in [-0.05, 0) is 44.5 Å². The first-order valence-electron chi connectivity index (χ1n) is 6.68. The van der Waals surface area contributed by atoms with E-state index in [0.29, 0.717) is 12.2 Å². The molecule has 2 unspecified atom stereocenters. The van der Waals surface area contributed by atoms with E-state index in [2.05, 4.69) is 12.2 Å². The van der Waals surface area contributed by atoms with Gasteiger partial charge in [-0.15, -0.1) is 0 Å². The maximum atomic E-state index is 13.3. The van der Waals surface area contributed by atoms with Crippen LogP contribution < -0.4 is 5.32 Å². The van der Waals surface area contributed by atoms with Crippen LogP contribution in [0.25, 0.3) is 0 Å². The summed E-state index contributed by atoms with van der Waals surface area (Å²) in [5, 5.41) is 3.29. The summed E-state index contributed by atoms with van der Waals surface area (Å²) in [6.45, 7) is 6.64. The molecule has 0 spiro atoms. The fourth-order valence-corrected chi connectivity index (χ4v) is 2.27. The lowest BCUT2D eigenvalue weighted by molar-refractivity contribution is 0.0295. The zero-order valence-corrected chi connectivity index (χ0v) is 11.8. The maximum absolute atomic E-state index is 13.3. The number of nitrogens with one attached hydrogen (secondary N) is 1. The van der Waals surface area contributed by atoms with Crippen molar-refractivity contribution in [2.75, 3.05) is 13.7 Å². The first-order valence-corrected chi connectivity index (χ1v) is 6.68. The van der Waals surface area contributed by atoms with Crippen molar-refractivity contribution in [3.63, 3.8) is 0 Å². The molecule has 0 radical (unpaired) electrons. The number of ether oxygens (including phenoxy) is 1. The van der Waals surface area contributed by atoms with E-state index < -0.39 is 0 Å². The number of rotatable bonds is 7. The van der Waals surface area contributed by atoms with Crippen molar-refractivity contribution in [3.05, 3.63) is 35.1 Å². The van der Waals surface area contributed by atoms with E-state index in [4.69, 9.17) is 4.74 Å². The molecule has 1 aromatic rings. The van der Waals surface area contributed by atoms with E-state index in [1.807, 2.05) is 26.1 Å². The molecular weight excluding hydrogens is 229 g/mol. The minimum Gasteiger partial charge on any atom is -0.377 e. The summed E-state index contributed by atoms with van der Waals surface area (Å²) < 4.78 is 19.1. The van der Waals surface area contributed by atoms with Crippen LogP contribution >= 0.6 is 0 Å². The van der Waals surface area contributed by atoms with Gasteiger partial charge in [-0.2, -0.15) is 0 Å². The lowest BCUT2D eigenvalue weighted by Gasteiger charge is -2.27. The van der Waals surface area contributed by atoms with Crippen molar-refractivity contribution in [2.24, 2.45) is 0 Å². The van der Waals surface area contributed by atoms with E-state index in [9.17, 15) is 4.39 Å². The quantitative estimate of drug-likeness (QED) is 0.801. The molecule has 0 amide bonds. The number of aryl methyl sites for hydroxylation is 1. The average molecular weight is 253 g/mol. The number of halogens is 1. The molecule has 0 saturated carbocycles. The second kappa shape index (κ2) is 7.49. The van der Waals surface area contributed by atoms with Crippen LogP contribution in [0.15, 0.2) is 18.2 Å². The van der Waals surface area contributed by atoms with Crippen molar-refractivity contribution >= 4 is 0 Å². The highest BCUT2D eigenvalue weighted by atomic mass is 19.1. The van der Waals surface area contributed by atoms with Crippen LogP contribution in [0.4, 0.5) is 4.39 Å². The number of hydrogen-bond acceptors (Lipinski definition) is 2. The van der Waals surface area contributed by atoms with Gasteiger partial charge in [-0.3, -0.25) is 0 Å². The van der Waals surface area contributed by atoms with Gasteiger partial charge >= 0.3 is 0 Å². The molecule has 18 heavy (non-hydrogen) atoms. The predicted octanol–water partition coefficient (Wildman–Crippen LogP) is 3.60. The molecule has 1 aromatic carbocycles. The Hall–Kier alpha value is -0.930. The highest BCUT2D eigenvalue weighted by Crippen LogP contribution is 2.24. The number of benzene rings is 1. The smallest absolute Gasteiger partial charge is 0.126 e. The molecule has 0 heterocycles. The Bertz CT molecular complexity index is 362. The van der Waals surface area contributed by atoms with Crippen LogP contribution in [0.3, 0.4) is 0 Å². The third-order valence-corrected chi connectivity index (χ3v) is 3.18. The summed E-state index contributed by atoms with van der Waals surface area (Å²) in [4.78, 5) is 0. The fourth-order valence-electron chi connectivity index (χ4n) is 2.27. The molecule has 2 nitrogen and oxygen atoms in total. The molecule has 102 valence electrons. The van der Waals surface area contributed by atoms with Crippen molar-refractivity contribution in [2.45, 2.75) is 45.8 Å². The Morgan fingerprint density at radius 1 is 1.33 bits per heavy atom. The minimum absolute atomic E-state index is 0.115. The Morgan fingerprint density at radius 3 is 2.56 bits per heavy atom. The van der Waals surface area contributed by atoms with E-state index in [-0.39, 0.29) is 18.0 Å². The molecule has 3 heteroatoms. The van der Waals surface area contributed by atoms with Gasteiger partial charge in [-0.25, -0.2) is 4.39 Å². The Balaban J connectivity index is 2.94. The van der Waals surface area contributed by atoms with Gasteiger partial charge in [0.2, 0.25) is 0 Å². The molecule has 0 aliphatic rings. The number of likely N-dealkylation sites (N-methyl/N-ethyl adjacent to an activating group) is 1. The predicted molar refractivity (Wildman–Crippen MR) is 73.3 cm³/mol. The second-order valence-electron chi connectivity index (χ2n) is 4.56. The summed E-state index contributed by atoms with van der Waals surface area (Å²) in [7, 11) is 1.92.